The second-order valence-electron chi connectivity index (χ2n) is 5.47. The van der Waals surface area contributed by atoms with Gasteiger partial charge in [-0.25, -0.2) is 8.78 Å². The molecule has 7 heteroatoms. The van der Waals surface area contributed by atoms with Crippen LogP contribution in [0.5, 0.6) is 5.75 Å². The van der Waals surface area contributed by atoms with E-state index in [-0.39, 0.29) is 12.4 Å². The van der Waals surface area contributed by atoms with Crippen molar-refractivity contribution in [1.82, 2.24) is 5.32 Å². The lowest BCUT2D eigenvalue weighted by atomic mass is 9.97. The van der Waals surface area contributed by atoms with Crippen molar-refractivity contribution in [2.45, 2.75) is 18.8 Å². The number of hydrogen-bond donors (Lipinski definition) is 2. The molecule has 1 amide bonds. The van der Waals surface area contributed by atoms with Crippen molar-refractivity contribution >= 4 is 29.1 Å². The largest absolute Gasteiger partial charge is 0.497 e. The average Bonchev–Trinajstić information content (AvgIpc) is 2.58. The molecule has 0 saturated heterocycles. The topological polar surface area (TPSA) is 64.3 Å². The molecule has 0 fully saturated rings. The molecule has 1 atom stereocenters. The number of methoxy groups -OCH3 is 1. The third kappa shape index (κ3) is 4.79. The van der Waals surface area contributed by atoms with Crippen molar-refractivity contribution in [3.05, 3.63) is 42.0 Å². The molecule has 2 aromatic rings. The van der Waals surface area contributed by atoms with E-state index >= 15 is 0 Å². The first-order valence-electron chi connectivity index (χ1n) is 7.29. The molecule has 0 aromatic heterocycles. The van der Waals surface area contributed by atoms with Crippen LogP contribution in [0.4, 0.5) is 8.78 Å². The number of nitrogens with one attached hydrogen (secondary N) is 1. The lowest BCUT2D eigenvalue weighted by Crippen LogP contribution is -2.42. The monoisotopic (exact) mass is 358 g/mol. The Kier molecular flexibility index (Phi) is 6.93. The minimum atomic E-state index is -3.09. The van der Waals surface area contributed by atoms with Crippen LogP contribution in [0, 0.1) is 0 Å². The average molecular weight is 359 g/mol. The molecule has 0 heterocycles. The quantitative estimate of drug-likeness (QED) is 0.834. The molecular formula is C17H21ClF2N2O2. The number of fused-ring (bicyclic) bond motifs is 1. The first-order chi connectivity index (χ1) is 10.9. The van der Waals surface area contributed by atoms with Gasteiger partial charge in [0.15, 0.2) is 0 Å². The summed E-state index contributed by atoms with van der Waals surface area (Å²) in [6.07, 6.45) is 0. The summed E-state index contributed by atoms with van der Waals surface area (Å²) in [7, 11) is 1.60. The van der Waals surface area contributed by atoms with Crippen LogP contribution in [-0.4, -0.2) is 32.0 Å². The number of ether oxygens (including phenoxy) is 1. The van der Waals surface area contributed by atoms with Gasteiger partial charge >= 0.3 is 0 Å². The minimum absolute atomic E-state index is 0. The van der Waals surface area contributed by atoms with Crippen molar-refractivity contribution in [1.29, 1.82) is 0 Å². The van der Waals surface area contributed by atoms with Gasteiger partial charge in [0.2, 0.25) is 5.91 Å². The normalized spacial score (nSPS) is 12.4. The summed E-state index contributed by atoms with van der Waals surface area (Å²) in [6.45, 7) is 0.136. The van der Waals surface area contributed by atoms with Gasteiger partial charge in [0.1, 0.15) is 5.75 Å². The molecule has 0 aliphatic heterocycles. The Bertz CT molecular complexity index is 710. The maximum absolute atomic E-state index is 13.1. The van der Waals surface area contributed by atoms with Gasteiger partial charge in [-0.2, -0.15) is 0 Å². The fourth-order valence-electron chi connectivity index (χ4n) is 2.23. The van der Waals surface area contributed by atoms with Gasteiger partial charge in [0.05, 0.1) is 26.1 Å². The van der Waals surface area contributed by atoms with Crippen molar-refractivity contribution in [3.63, 3.8) is 0 Å². The Morgan fingerprint density at radius 2 is 1.88 bits per heavy atom. The highest BCUT2D eigenvalue weighted by Gasteiger charge is 2.28. The summed E-state index contributed by atoms with van der Waals surface area (Å²) in [6, 6.07) is 11.2. The summed E-state index contributed by atoms with van der Waals surface area (Å²) in [4.78, 5) is 12.0. The van der Waals surface area contributed by atoms with E-state index in [1.54, 1.807) is 14.0 Å². The number of rotatable bonds is 6. The van der Waals surface area contributed by atoms with Gasteiger partial charge < -0.3 is 15.8 Å². The highest BCUT2D eigenvalue weighted by Crippen LogP contribution is 2.25. The van der Waals surface area contributed by atoms with Crippen molar-refractivity contribution in [3.8, 4) is 5.75 Å². The van der Waals surface area contributed by atoms with Crippen molar-refractivity contribution in [2.75, 3.05) is 20.2 Å². The smallest absolute Gasteiger partial charge is 0.277 e. The molecule has 3 N–H and O–H groups in total. The molecule has 0 radical (unpaired) electrons. The zero-order chi connectivity index (χ0) is 17.0. The molecule has 0 saturated carbocycles. The number of benzene rings is 2. The second kappa shape index (κ2) is 8.26. The van der Waals surface area contributed by atoms with Crippen LogP contribution in [0.15, 0.2) is 36.4 Å². The van der Waals surface area contributed by atoms with E-state index in [0.717, 1.165) is 22.1 Å². The Morgan fingerprint density at radius 1 is 1.25 bits per heavy atom. The Balaban J connectivity index is 0.00000288. The number of carbonyl (C=O) groups is 1. The molecule has 1 unspecified atom stereocenters. The van der Waals surface area contributed by atoms with Crippen LogP contribution in [0.1, 0.15) is 18.4 Å². The number of hydrogen-bond acceptors (Lipinski definition) is 3. The summed E-state index contributed by atoms with van der Waals surface area (Å²) < 4.78 is 31.4. The molecule has 2 rings (SSSR count). The lowest BCUT2D eigenvalue weighted by molar-refractivity contribution is -0.124. The predicted octanol–water partition coefficient (Wildman–Crippen LogP) is 3.08. The summed E-state index contributed by atoms with van der Waals surface area (Å²) in [5, 5.41) is 4.19. The van der Waals surface area contributed by atoms with Crippen molar-refractivity contribution < 1.29 is 18.3 Å². The zero-order valence-electron chi connectivity index (χ0n) is 13.5. The first-order valence-corrected chi connectivity index (χ1v) is 7.29. The van der Waals surface area contributed by atoms with Gasteiger partial charge in [-0.1, -0.05) is 24.3 Å². The zero-order valence-corrected chi connectivity index (χ0v) is 14.3. The lowest BCUT2D eigenvalue weighted by Gasteiger charge is -2.17. The van der Waals surface area contributed by atoms with Gasteiger partial charge in [-0.15, -0.1) is 12.4 Å². The predicted molar refractivity (Wildman–Crippen MR) is 93.2 cm³/mol. The van der Waals surface area contributed by atoms with Gasteiger partial charge in [-0.3, -0.25) is 4.79 Å². The Morgan fingerprint density at radius 3 is 2.50 bits per heavy atom. The fraction of sp³-hybridized carbons (Fsp3) is 0.353. The number of amides is 1. The van der Waals surface area contributed by atoms with Crippen LogP contribution in [0.25, 0.3) is 10.8 Å². The van der Waals surface area contributed by atoms with Crippen molar-refractivity contribution in [2.24, 2.45) is 5.73 Å². The van der Waals surface area contributed by atoms with E-state index in [0.29, 0.717) is 0 Å². The molecular weight excluding hydrogens is 338 g/mol. The maximum atomic E-state index is 13.1. The molecule has 0 spiro atoms. The Hall–Kier alpha value is -1.92. The molecule has 132 valence electrons. The van der Waals surface area contributed by atoms with Crippen LogP contribution in [0.3, 0.4) is 0 Å². The van der Waals surface area contributed by atoms with Crippen LogP contribution >= 0.6 is 12.4 Å². The van der Waals surface area contributed by atoms with E-state index in [1.807, 2.05) is 36.4 Å². The fourth-order valence-corrected chi connectivity index (χ4v) is 2.23. The number of alkyl halides is 2. The van der Waals surface area contributed by atoms with Gasteiger partial charge in [-0.05, 0) is 35.4 Å². The Labute approximate surface area is 145 Å². The van der Waals surface area contributed by atoms with Crippen LogP contribution < -0.4 is 15.8 Å². The van der Waals surface area contributed by atoms with E-state index < -0.39 is 30.8 Å². The highest BCUT2D eigenvalue weighted by atomic mass is 35.5. The minimum Gasteiger partial charge on any atom is -0.497 e. The summed E-state index contributed by atoms with van der Waals surface area (Å²) in [5.41, 5.74) is 5.71. The van der Waals surface area contributed by atoms with E-state index in [9.17, 15) is 13.6 Å². The van der Waals surface area contributed by atoms with Gasteiger partial charge in [0.25, 0.3) is 5.92 Å². The third-order valence-corrected chi connectivity index (χ3v) is 3.78. The SMILES string of the molecule is COc1ccc2cc(C(C)C(=O)NCC(F)(F)CN)ccc2c1.Cl. The third-order valence-electron chi connectivity index (χ3n) is 3.78. The number of nitrogens with two attached hydrogens (primary N) is 1. The van der Waals surface area contributed by atoms with E-state index in [1.165, 1.54) is 0 Å². The standard InChI is InChI=1S/C17H20F2N2O2.ClH/c1-11(16(22)21-10-17(18,19)9-20)12-3-4-14-8-15(23-2)6-5-13(14)7-12;/h3-8,11H,9-10,20H2,1-2H3,(H,21,22);1H. The first kappa shape index (κ1) is 20.1. The van der Waals surface area contributed by atoms with Gasteiger partial charge in [0, 0.05) is 0 Å². The molecule has 0 bridgehead atoms. The second-order valence-corrected chi connectivity index (χ2v) is 5.47. The molecule has 24 heavy (non-hydrogen) atoms. The highest BCUT2D eigenvalue weighted by molar-refractivity contribution is 5.88. The van der Waals surface area contributed by atoms with Crippen LogP contribution in [0.2, 0.25) is 0 Å². The molecule has 4 nitrogen and oxygen atoms in total. The van der Waals surface area contributed by atoms with E-state index in [4.69, 9.17) is 10.5 Å². The van der Waals surface area contributed by atoms with E-state index in [2.05, 4.69) is 5.32 Å². The number of carbonyl (C=O) groups excluding carboxylic acids is 1. The summed E-state index contributed by atoms with van der Waals surface area (Å²) in [5.74, 6) is -3.32. The number of halogens is 3. The molecule has 2 aromatic carbocycles. The maximum Gasteiger partial charge on any atom is 0.277 e. The molecule has 0 aliphatic carbocycles. The summed E-state index contributed by atoms with van der Waals surface area (Å²) >= 11 is 0. The van der Waals surface area contributed by atoms with Crippen LogP contribution in [-0.2, 0) is 4.79 Å². The molecule has 0 aliphatic rings.